The molecule has 1 aliphatic carbocycles. The topological polar surface area (TPSA) is 61.8 Å². The van der Waals surface area contributed by atoms with Crippen molar-refractivity contribution in [3.63, 3.8) is 0 Å². The van der Waals surface area contributed by atoms with E-state index in [1.165, 1.54) is 12.8 Å². The van der Waals surface area contributed by atoms with Crippen LogP contribution in [0.4, 0.5) is 5.69 Å². The summed E-state index contributed by atoms with van der Waals surface area (Å²) in [6.45, 7) is 8.72. The van der Waals surface area contributed by atoms with Gasteiger partial charge in [0.15, 0.2) is 5.60 Å². The van der Waals surface area contributed by atoms with E-state index in [1.54, 1.807) is 0 Å². The Morgan fingerprint density at radius 1 is 1.28 bits per heavy atom. The van der Waals surface area contributed by atoms with Gasteiger partial charge in [0, 0.05) is 12.1 Å². The number of benzene rings is 1. The Bertz CT molecular complexity index is 746. The van der Waals surface area contributed by atoms with Crippen molar-refractivity contribution in [3.8, 4) is 0 Å². The summed E-state index contributed by atoms with van der Waals surface area (Å²) in [7, 11) is 0. The second-order valence-corrected chi connectivity index (χ2v) is 9.98. The molecule has 4 rings (SSSR count). The van der Waals surface area contributed by atoms with Crippen LogP contribution in [0.15, 0.2) is 18.2 Å². The van der Waals surface area contributed by atoms with Gasteiger partial charge in [0.05, 0.1) is 12.3 Å². The predicted molar refractivity (Wildman–Crippen MR) is 115 cm³/mol. The van der Waals surface area contributed by atoms with Crippen LogP contribution in [0.25, 0.3) is 0 Å². The van der Waals surface area contributed by atoms with Crippen LogP contribution in [0.5, 0.6) is 0 Å². The molecule has 1 amide bonds. The Morgan fingerprint density at radius 2 is 2.07 bits per heavy atom. The van der Waals surface area contributed by atoms with Gasteiger partial charge in [-0.1, -0.05) is 39.7 Å². The fraction of sp³-hybridized carbons (Fsp3) is 0.708. The number of nitrogens with one attached hydrogen (secondary N) is 1. The number of carbonyl (C=O) groups is 1. The van der Waals surface area contributed by atoms with Crippen molar-refractivity contribution >= 4 is 11.6 Å². The highest BCUT2D eigenvalue weighted by atomic mass is 16.5. The summed E-state index contributed by atoms with van der Waals surface area (Å²) in [6, 6.07) is 5.98. The molecule has 160 valence electrons. The van der Waals surface area contributed by atoms with Gasteiger partial charge in [0.25, 0.3) is 5.91 Å². The normalized spacial score (nSPS) is 26.8. The van der Waals surface area contributed by atoms with E-state index in [4.69, 9.17) is 4.74 Å². The maximum Gasteiger partial charge on any atom is 0.263 e. The van der Waals surface area contributed by atoms with Crippen molar-refractivity contribution in [1.82, 2.24) is 5.32 Å². The van der Waals surface area contributed by atoms with Gasteiger partial charge >= 0.3 is 0 Å². The van der Waals surface area contributed by atoms with E-state index in [2.05, 4.69) is 26.1 Å². The fourth-order valence-corrected chi connectivity index (χ4v) is 4.56. The summed E-state index contributed by atoms with van der Waals surface area (Å²) in [5, 5.41) is 13.9. The van der Waals surface area contributed by atoms with E-state index in [-0.39, 0.29) is 11.3 Å². The van der Waals surface area contributed by atoms with Crippen LogP contribution in [0.2, 0.25) is 0 Å². The van der Waals surface area contributed by atoms with Gasteiger partial charge in [0.1, 0.15) is 6.23 Å². The van der Waals surface area contributed by atoms with E-state index in [0.29, 0.717) is 18.9 Å². The van der Waals surface area contributed by atoms with E-state index in [0.717, 1.165) is 55.6 Å². The van der Waals surface area contributed by atoms with E-state index >= 15 is 0 Å². The highest BCUT2D eigenvalue weighted by Gasteiger charge is 2.55. The van der Waals surface area contributed by atoms with E-state index in [1.807, 2.05) is 23.1 Å². The largest absolute Gasteiger partial charge is 0.374 e. The Hall–Kier alpha value is -1.43. The molecule has 0 aromatic heterocycles. The highest BCUT2D eigenvalue weighted by molar-refractivity contribution is 6.07. The zero-order valence-corrected chi connectivity index (χ0v) is 18.2. The van der Waals surface area contributed by atoms with Crippen molar-refractivity contribution in [1.29, 1.82) is 0 Å². The molecule has 1 saturated heterocycles. The molecule has 2 unspecified atom stereocenters. The lowest BCUT2D eigenvalue weighted by Crippen LogP contribution is -2.48. The van der Waals surface area contributed by atoms with Crippen molar-refractivity contribution in [2.75, 3.05) is 24.6 Å². The number of unbranched alkanes of at least 4 members (excludes halogenated alkanes) is 2. The SMILES string of the molecule is CCCCCNC(O)c1ccc2c(c1)C1(CCC(C)(C)CO1)C(=O)N2CC1CC1. The van der Waals surface area contributed by atoms with Gasteiger partial charge in [-0.25, -0.2) is 0 Å². The van der Waals surface area contributed by atoms with Crippen molar-refractivity contribution in [3.05, 3.63) is 29.3 Å². The number of aliphatic hydroxyl groups is 1. The first-order valence-corrected chi connectivity index (χ1v) is 11.4. The van der Waals surface area contributed by atoms with Crippen LogP contribution in [0.3, 0.4) is 0 Å². The molecular weight excluding hydrogens is 364 g/mol. The second kappa shape index (κ2) is 8.01. The molecule has 3 aliphatic rings. The molecule has 1 spiro atoms. The fourth-order valence-electron chi connectivity index (χ4n) is 4.56. The van der Waals surface area contributed by atoms with Crippen LogP contribution in [-0.4, -0.2) is 30.7 Å². The molecule has 2 aliphatic heterocycles. The Balaban J connectivity index is 1.61. The van der Waals surface area contributed by atoms with Gasteiger partial charge in [-0.15, -0.1) is 0 Å². The van der Waals surface area contributed by atoms with E-state index < -0.39 is 11.8 Å². The molecule has 1 aromatic carbocycles. The van der Waals surface area contributed by atoms with Gasteiger partial charge < -0.3 is 14.7 Å². The highest BCUT2D eigenvalue weighted by Crippen LogP contribution is 2.51. The number of hydrogen-bond acceptors (Lipinski definition) is 4. The third-order valence-corrected chi connectivity index (χ3v) is 6.77. The number of aliphatic hydroxyl groups excluding tert-OH is 1. The summed E-state index contributed by atoms with van der Waals surface area (Å²) in [5.74, 6) is 0.713. The Labute approximate surface area is 174 Å². The lowest BCUT2D eigenvalue weighted by molar-refractivity contribution is -0.162. The summed E-state index contributed by atoms with van der Waals surface area (Å²) in [4.78, 5) is 15.5. The molecule has 0 radical (unpaired) electrons. The van der Waals surface area contributed by atoms with Crippen molar-refractivity contribution < 1.29 is 14.6 Å². The molecule has 5 heteroatoms. The number of amides is 1. The third-order valence-electron chi connectivity index (χ3n) is 6.77. The first-order chi connectivity index (χ1) is 13.9. The molecule has 1 aromatic rings. The number of fused-ring (bicyclic) bond motifs is 2. The molecule has 1 saturated carbocycles. The van der Waals surface area contributed by atoms with Crippen LogP contribution in [0, 0.1) is 11.3 Å². The van der Waals surface area contributed by atoms with Gasteiger partial charge in [-0.2, -0.15) is 0 Å². The predicted octanol–water partition coefficient (Wildman–Crippen LogP) is 4.25. The zero-order valence-electron chi connectivity index (χ0n) is 18.2. The number of anilines is 1. The van der Waals surface area contributed by atoms with Crippen LogP contribution >= 0.6 is 0 Å². The minimum atomic E-state index is -0.877. The number of nitrogens with zero attached hydrogens (tertiary/aromatic N) is 1. The number of hydrogen-bond donors (Lipinski definition) is 2. The molecule has 2 heterocycles. The third kappa shape index (κ3) is 4.10. The standard InChI is InChI=1S/C24H36N2O3/c1-4-5-6-13-25-21(27)18-9-10-20-19(14-18)24(12-11-23(2,3)16-29-24)22(28)26(20)15-17-7-8-17/h9-10,14,17,21,25,27H,4-8,11-13,15-16H2,1-3H3. The quantitative estimate of drug-likeness (QED) is 0.506. The lowest BCUT2D eigenvalue weighted by Gasteiger charge is -2.40. The van der Waals surface area contributed by atoms with Crippen LogP contribution in [-0.2, 0) is 15.1 Å². The summed E-state index contributed by atoms with van der Waals surface area (Å²) >= 11 is 0. The maximum absolute atomic E-state index is 13.6. The van der Waals surface area contributed by atoms with Gasteiger partial charge in [0.2, 0.25) is 0 Å². The van der Waals surface area contributed by atoms with Gasteiger partial charge in [-0.05, 0) is 67.7 Å². The van der Waals surface area contributed by atoms with E-state index in [9.17, 15) is 9.90 Å². The first-order valence-electron chi connectivity index (χ1n) is 11.4. The van der Waals surface area contributed by atoms with Crippen molar-refractivity contribution in [2.24, 2.45) is 11.3 Å². The molecular formula is C24H36N2O3. The maximum atomic E-state index is 13.6. The first kappa shape index (κ1) is 20.8. The molecule has 2 N–H and O–H groups in total. The second-order valence-electron chi connectivity index (χ2n) is 9.98. The average Bonchev–Trinajstić information content (AvgIpc) is 3.50. The summed E-state index contributed by atoms with van der Waals surface area (Å²) in [6.07, 6.45) is 6.72. The summed E-state index contributed by atoms with van der Waals surface area (Å²) in [5.41, 5.74) is 1.95. The van der Waals surface area contributed by atoms with Crippen LogP contribution in [0.1, 0.15) is 83.1 Å². The molecule has 29 heavy (non-hydrogen) atoms. The van der Waals surface area contributed by atoms with Crippen LogP contribution < -0.4 is 10.2 Å². The molecule has 0 bridgehead atoms. The number of carbonyl (C=O) groups excluding carboxylic acids is 1. The number of rotatable bonds is 8. The summed E-state index contributed by atoms with van der Waals surface area (Å²) < 4.78 is 6.37. The minimum Gasteiger partial charge on any atom is -0.374 e. The smallest absolute Gasteiger partial charge is 0.263 e. The minimum absolute atomic E-state index is 0.0908. The van der Waals surface area contributed by atoms with Gasteiger partial charge in [-0.3, -0.25) is 10.1 Å². The zero-order chi connectivity index (χ0) is 20.6. The molecule has 5 nitrogen and oxygen atoms in total. The Kier molecular flexibility index (Phi) is 5.75. The van der Waals surface area contributed by atoms with Crippen molar-refractivity contribution in [2.45, 2.75) is 77.5 Å². The average molecular weight is 401 g/mol. The monoisotopic (exact) mass is 400 g/mol. The number of ether oxygens (including phenoxy) is 1. The lowest BCUT2D eigenvalue weighted by atomic mass is 9.77. The molecule has 2 fully saturated rings. The molecule has 2 atom stereocenters. The Morgan fingerprint density at radius 3 is 2.72 bits per heavy atom.